The van der Waals surface area contributed by atoms with E-state index in [1.807, 2.05) is 25.7 Å². The summed E-state index contributed by atoms with van der Waals surface area (Å²) in [7, 11) is 0. The van der Waals surface area contributed by atoms with Gasteiger partial charge in [0.15, 0.2) is 5.16 Å². The van der Waals surface area contributed by atoms with Crippen molar-refractivity contribution in [1.29, 1.82) is 0 Å². The number of aromatic nitrogens is 2. The van der Waals surface area contributed by atoms with E-state index in [1.165, 1.54) is 11.8 Å². The van der Waals surface area contributed by atoms with Crippen molar-refractivity contribution < 1.29 is 4.79 Å². The third-order valence-corrected chi connectivity index (χ3v) is 6.40. The molecule has 8 heteroatoms. The Bertz CT molecular complexity index is 922. The maximum Gasteiger partial charge on any atom is 0.262 e. The molecule has 1 aromatic carbocycles. The molecule has 1 aliphatic rings. The molecule has 6 nitrogen and oxygen atoms in total. The number of carbonyl (C=O) groups excluding carboxylic acids is 1. The van der Waals surface area contributed by atoms with Gasteiger partial charge in [0.1, 0.15) is 0 Å². The summed E-state index contributed by atoms with van der Waals surface area (Å²) >= 11 is 7.43. The lowest BCUT2D eigenvalue weighted by atomic mass is 10.2. The first-order valence-corrected chi connectivity index (χ1v) is 11.0. The van der Waals surface area contributed by atoms with Crippen molar-refractivity contribution in [3.63, 3.8) is 0 Å². The van der Waals surface area contributed by atoms with E-state index in [0.29, 0.717) is 21.1 Å². The van der Waals surface area contributed by atoms with Crippen LogP contribution in [0.1, 0.15) is 33.7 Å². The second-order valence-corrected chi connectivity index (χ2v) is 9.09. The van der Waals surface area contributed by atoms with Crippen molar-refractivity contribution >= 4 is 40.2 Å². The Kier molecular flexibility index (Phi) is 6.68. The Morgan fingerprint density at radius 1 is 1.21 bits per heavy atom. The Hall–Kier alpha value is -1.57. The summed E-state index contributed by atoms with van der Waals surface area (Å²) in [5, 5.41) is 1.32. The largest absolute Gasteiger partial charge is 0.339 e. The van der Waals surface area contributed by atoms with Crippen LogP contribution < -0.4 is 5.56 Å². The molecule has 0 bridgehead atoms. The molecule has 28 heavy (non-hydrogen) atoms. The van der Waals surface area contributed by atoms with Crippen LogP contribution in [0.3, 0.4) is 0 Å². The Morgan fingerprint density at radius 2 is 1.89 bits per heavy atom. The third-order valence-electron chi connectivity index (χ3n) is 5.11. The van der Waals surface area contributed by atoms with Gasteiger partial charge in [-0.25, -0.2) is 4.98 Å². The summed E-state index contributed by atoms with van der Waals surface area (Å²) in [4.78, 5) is 34.9. The minimum absolute atomic E-state index is 0.0574. The number of thioether (sulfide) groups is 1. The predicted molar refractivity (Wildman–Crippen MR) is 115 cm³/mol. The van der Waals surface area contributed by atoms with Crippen LogP contribution in [0.15, 0.2) is 28.2 Å². The topological polar surface area (TPSA) is 58.4 Å². The molecular formula is C20H27ClN4O2S. The summed E-state index contributed by atoms with van der Waals surface area (Å²) < 4.78 is 1.67. The summed E-state index contributed by atoms with van der Waals surface area (Å²) in [6.45, 7) is 12.2. The van der Waals surface area contributed by atoms with Gasteiger partial charge in [-0.1, -0.05) is 30.3 Å². The highest BCUT2D eigenvalue weighted by Gasteiger charge is 2.27. The van der Waals surface area contributed by atoms with Crippen LogP contribution in [0, 0.1) is 0 Å². The van der Waals surface area contributed by atoms with Crippen molar-refractivity contribution in [3.8, 4) is 0 Å². The summed E-state index contributed by atoms with van der Waals surface area (Å²) in [5.41, 5.74) is 0.462. The Labute approximate surface area is 174 Å². The molecule has 0 unspecified atom stereocenters. The third kappa shape index (κ3) is 4.36. The lowest BCUT2D eigenvalue weighted by molar-refractivity contribution is -0.132. The SMILES string of the molecule is CCN1CCN(C(=O)[C@@H](C)Sc2nc3cc(Cl)ccc3c(=O)n2C(C)C)CC1. The van der Waals surface area contributed by atoms with E-state index in [0.717, 1.165) is 32.7 Å². The molecule has 152 valence electrons. The number of hydrogen-bond donors (Lipinski definition) is 0. The molecule has 1 atom stereocenters. The first-order valence-electron chi connectivity index (χ1n) is 9.71. The summed E-state index contributed by atoms with van der Waals surface area (Å²) in [6, 6.07) is 5.05. The molecule has 1 amide bonds. The van der Waals surface area contributed by atoms with Crippen molar-refractivity contribution in [2.45, 2.75) is 44.1 Å². The van der Waals surface area contributed by atoms with Crippen LogP contribution in [0.5, 0.6) is 0 Å². The average molecular weight is 423 g/mol. The van der Waals surface area contributed by atoms with Crippen LogP contribution in [0.2, 0.25) is 5.02 Å². The van der Waals surface area contributed by atoms with Crippen molar-refractivity contribution in [2.75, 3.05) is 32.7 Å². The normalized spacial score (nSPS) is 16.7. The maximum absolute atomic E-state index is 13.0. The molecule has 1 fully saturated rings. The van der Waals surface area contributed by atoms with E-state index < -0.39 is 0 Å². The molecule has 1 aliphatic heterocycles. The van der Waals surface area contributed by atoms with Crippen LogP contribution in [0.4, 0.5) is 0 Å². The number of rotatable bonds is 5. The summed E-state index contributed by atoms with van der Waals surface area (Å²) in [5.74, 6) is 0.0940. The second-order valence-electron chi connectivity index (χ2n) is 7.34. The maximum atomic E-state index is 13.0. The fourth-order valence-corrected chi connectivity index (χ4v) is 4.73. The van der Waals surface area contributed by atoms with Crippen molar-refractivity contribution in [1.82, 2.24) is 19.4 Å². The van der Waals surface area contributed by atoms with E-state index in [9.17, 15) is 9.59 Å². The quantitative estimate of drug-likeness (QED) is 0.546. The number of likely N-dealkylation sites (N-methyl/N-ethyl adjacent to an activating group) is 1. The molecule has 3 rings (SSSR count). The van der Waals surface area contributed by atoms with Crippen LogP contribution >= 0.6 is 23.4 Å². The van der Waals surface area contributed by atoms with Crippen LogP contribution in [0.25, 0.3) is 10.9 Å². The standard InChI is InChI=1S/C20H27ClN4O2S/c1-5-23-8-10-24(11-9-23)18(26)14(4)28-20-22-17-12-15(21)6-7-16(17)19(27)25(20)13(2)3/h6-7,12-14H,5,8-11H2,1-4H3/t14-/m1/s1. The van der Waals surface area contributed by atoms with Gasteiger partial charge < -0.3 is 9.80 Å². The smallest absolute Gasteiger partial charge is 0.262 e. The van der Waals surface area contributed by atoms with Gasteiger partial charge in [0, 0.05) is 37.2 Å². The van der Waals surface area contributed by atoms with Gasteiger partial charge >= 0.3 is 0 Å². The number of piperazine rings is 1. The molecule has 0 spiro atoms. The van der Waals surface area contributed by atoms with Gasteiger partial charge in [-0.2, -0.15) is 0 Å². The van der Waals surface area contributed by atoms with Gasteiger partial charge in [0.25, 0.3) is 5.56 Å². The number of hydrogen-bond acceptors (Lipinski definition) is 5. The molecule has 0 aliphatic carbocycles. The number of carbonyl (C=O) groups is 1. The molecule has 1 saturated heterocycles. The van der Waals surface area contributed by atoms with Gasteiger partial charge in [-0.3, -0.25) is 14.2 Å². The first-order chi connectivity index (χ1) is 13.3. The van der Waals surface area contributed by atoms with Gasteiger partial charge in [-0.05, 0) is 45.5 Å². The van der Waals surface area contributed by atoms with Crippen LogP contribution in [-0.2, 0) is 4.79 Å². The molecule has 1 aromatic heterocycles. The second kappa shape index (κ2) is 8.84. The minimum Gasteiger partial charge on any atom is -0.339 e. The highest BCUT2D eigenvalue weighted by atomic mass is 35.5. The zero-order chi connectivity index (χ0) is 20.4. The predicted octanol–water partition coefficient (Wildman–Crippen LogP) is 3.28. The Morgan fingerprint density at radius 3 is 2.50 bits per heavy atom. The number of halogens is 1. The van der Waals surface area contributed by atoms with E-state index >= 15 is 0 Å². The van der Waals surface area contributed by atoms with E-state index in [2.05, 4.69) is 16.8 Å². The number of amides is 1. The van der Waals surface area contributed by atoms with Gasteiger partial charge in [-0.15, -0.1) is 0 Å². The highest BCUT2D eigenvalue weighted by molar-refractivity contribution is 8.00. The van der Waals surface area contributed by atoms with E-state index in [-0.39, 0.29) is 22.8 Å². The number of benzene rings is 1. The van der Waals surface area contributed by atoms with E-state index in [4.69, 9.17) is 11.6 Å². The fourth-order valence-electron chi connectivity index (χ4n) is 3.44. The minimum atomic E-state index is -0.318. The molecule has 2 heterocycles. The zero-order valence-corrected chi connectivity index (χ0v) is 18.4. The fraction of sp³-hybridized carbons (Fsp3) is 0.550. The zero-order valence-electron chi connectivity index (χ0n) is 16.8. The molecular weight excluding hydrogens is 396 g/mol. The lowest BCUT2D eigenvalue weighted by Crippen LogP contribution is -2.50. The Balaban J connectivity index is 1.87. The molecule has 2 aromatic rings. The summed E-state index contributed by atoms with van der Waals surface area (Å²) in [6.07, 6.45) is 0. The van der Waals surface area contributed by atoms with Crippen molar-refractivity contribution in [2.24, 2.45) is 0 Å². The van der Waals surface area contributed by atoms with Crippen LogP contribution in [-0.4, -0.2) is 63.2 Å². The van der Waals surface area contributed by atoms with Crippen molar-refractivity contribution in [3.05, 3.63) is 33.6 Å². The molecule has 0 radical (unpaired) electrons. The molecule has 0 N–H and O–H groups in total. The highest BCUT2D eigenvalue weighted by Crippen LogP contribution is 2.27. The monoisotopic (exact) mass is 422 g/mol. The number of fused-ring (bicyclic) bond motifs is 1. The van der Waals surface area contributed by atoms with E-state index in [1.54, 1.807) is 22.8 Å². The first kappa shape index (κ1) is 21.1. The van der Waals surface area contributed by atoms with Gasteiger partial charge in [0.05, 0.1) is 16.2 Å². The number of nitrogens with zero attached hydrogens (tertiary/aromatic N) is 4. The molecule has 0 saturated carbocycles. The van der Waals surface area contributed by atoms with Gasteiger partial charge in [0.2, 0.25) is 5.91 Å². The average Bonchev–Trinajstić information content (AvgIpc) is 2.66. The lowest BCUT2D eigenvalue weighted by Gasteiger charge is -2.35.